The molecule has 0 aliphatic carbocycles. The van der Waals surface area contributed by atoms with Gasteiger partial charge in [-0.2, -0.15) is 0 Å². The Morgan fingerprint density at radius 3 is 2.70 bits per heavy atom. The van der Waals surface area contributed by atoms with Gasteiger partial charge in [-0.05, 0) is 40.8 Å². The molecule has 0 spiro atoms. The molecule has 0 N–H and O–H groups in total. The third-order valence-corrected chi connectivity index (χ3v) is 3.85. The van der Waals surface area contributed by atoms with Gasteiger partial charge >= 0.3 is 0 Å². The average Bonchev–Trinajstić information content (AvgIpc) is 2.53. The summed E-state index contributed by atoms with van der Waals surface area (Å²) in [7, 11) is 0. The van der Waals surface area contributed by atoms with Crippen LogP contribution in [-0.4, -0.2) is 4.98 Å². The van der Waals surface area contributed by atoms with Crippen LogP contribution in [0, 0.1) is 6.92 Å². The van der Waals surface area contributed by atoms with E-state index < -0.39 is 0 Å². The lowest BCUT2D eigenvalue weighted by molar-refractivity contribution is 0.777. The normalized spacial score (nSPS) is 12.5. The van der Waals surface area contributed by atoms with E-state index in [0.29, 0.717) is 5.92 Å². The van der Waals surface area contributed by atoms with Gasteiger partial charge < -0.3 is 0 Å². The molecule has 0 aliphatic heterocycles. The fraction of sp³-hybridized carbons (Fsp3) is 0.158. The van der Waals surface area contributed by atoms with E-state index in [2.05, 4.69) is 73.4 Å². The van der Waals surface area contributed by atoms with Crippen molar-refractivity contribution in [2.24, 2.45) is 0 Å². The van der Waals surface area contributed by atoms with Gasteiger partial charge in [-0.3, -0.25) is 4.98 Å². The van der Waals surface area contributed by atoms with E-state index in [0.717, 1.165) is 12.1 Å². The Morgan fingerprint density at radius 1 is 1.05 bits per heavy atom. The highest BCUT2D eigenvalue weighted by Crippen LogP contribution is 2.29. The van der Waals surface area contributed by atoms with Crippen molar-refractivity contribution in [3.63, 3.8) is 0 Å². The molecular formula is C19H18N. The molecule has 0 saturated carbocycles. The van der Waals surface area contributed by atoms with Gasteiger partial charge in [-0.1, -0.05) is 56.3 Å². The molecule has 0 bridgehead atoms. The number of rotatable bonds is 3. The first-order valence-corrected chi connectivity index (χ1v) is 7.03. The summed E-state index contributed by atoms with van der Waals surface area (Å²) in [4.78, 5) is 4.56. The van der Waals surface area contributed by atoms with Gasteiger partial charge in [0.1, 0.15) is 0 Å². The fourth-order valence-electron chi connectivity index (χ4n) is 2.52. The molecule has 0 fully saturated rings. The van der Waals surface area contributed by atoms with E-state index in [1.54, 1.807) is 0 Å². The standard InChI is InChI=1S/C19H18N/c1-3-14(2)16-11-12-20-19(13-16)18-10-6-8-15-7-4-5-9-17(15)18/h4-14H,1,3H2,2H3. The van der Waals surface area contributed by atoms with Crippen LogP contribution in [0.2, 0.25) is 0 Å². The number of nitrogens with zero attached hydrogens (tertiary/aromatic N) is 1. The number of hydrogen-bond acceptors (Lipinski definition) is 1. The number of pyridine rings is 1. The second-order valence-electron chi connectivity index (χ2n) is 5.19. The topological polar surface area (TPSA) is 12.9 Å². The largest absolute Gasteiger partial charge is 0.256 e. The number of fused-ring (bicyclic) bond motifs is 1. The van der Waals surface area contributed by atoms with Crippen LogP contribution < -0.4 is 0 Å². The molecule has 1 nitrogen and oxygen atoms in total. The van der Waals surface area contributed by atoms with E-state index in [4.69, 9.17) is 0 Å². The van der Waals surface area contributed by atoms with E-state index >= 15 is 0 Å². The minimum absolute atomic E-state index is 0.465. The molecule has 1 atom stereocenters. The Morgan fingerprint density at radius 2 is 1.85 bits per heavy atom. The lowest BCUT2D eigenvalue weighted by Crippen LogP contribution is -1.94. The second-order valence-corrected chi connectivity index (χ2v) is 5.19. The smallest absolute Gasteiger partial charge is 0.0711 e. The van der Waals surface area contributed by atoms with Crippen molar-refractivity contribution in [1.29, 1.82) is 0 Å². The van der Waals surface area contributed by atoms with Gasteiger partial charge in [0.25, 0.3) is 0 Å². The molecule has 1 heterocycles. The molecule has 2 aromatic carbocycles. The molecule has 3 aromatic rings. The van der Waals surface area contributed by atoms with E-state index in [9.17, 15) is 0 Å². The van der Waals surface area contributed by atoms with Crippen LogP contribution in [0.1, 0.15) is 24.8 Å². The molecule has 99 valence electrons. The van der Waals surface area contributed by atoms with Crippen LogP contribution in [0.4, 0.5) is 0 Å². The van der Waals surface area contributed by atoms with Gasteiger partial charge in [0.05, 0.1) is 5.69 Å². The van der Waals surface area contributed by atoms with E-state index in [1.165, 1.54) is 21.9 Å². The summed E-state index contributed by atoms with van der Waals surface area (Å²) in [6, 6.07) is 19.1. The number of aromatic nitrogens is 1. The van der Waals surface area contributed by atoms with E-state index in [-0.39, 0.29) is 0 Å². The van der Waals surface area contributed by atoms with Crippen LogP contribution in [0.3, 0.4) is 0 Å². The number of benzene rings is 2. The van der Waals surface area contributed by atoms with Gasteiger partial charge in [0, 0.05) is 11.8 Å². The van der Waals surface area contributed by atoms with Crippen LogP contribution in [0.5, 0.6) is 0 Å². The Kier molecular flexibility index (Phi) is 3.51. The van der Waals surface area contributed by atoms with Gasteiger partial charge in [0.15, 0.2) is 0 Å². The van der Waals surface area contributed by atoms with Crippen molar-refractivity contribution in [1.82, 2.24) is 4.98 Å². The molecule has 1 aromatic heterocycles. The third-order valence-electron chi connectivity index (χ3n) is 3.85. The predicted molar refractivity (Wildman–Crippen MR) is 85.6 cm³/mol. The SMILES string of the molecule is [CH2]CC(C)c1ccnc(-c2cccc3ccccc23)c1. The minimum Gasteiger partial charge on any atom is -0.256 e. The van der Waals surface area contributed by atoms with Crippen molar-refractivity contribution in [3.05, 3.63) is 73.3 Å². The molecular weight excluding hydrogens is 242 g/mol. The Labute approximate surface area is 120 Å². The zero-order valence-electron chi connectivity index (χ0n) is 11.7. The van der Waals surface area contributed by atoms with Crippen molar-refractivity contribution in [2.45, 2.75) is 19.3 Å². The number of hydrogen-bond donors (Lipinski definition) is 0. The zero-order valence-corrected chi connectivity index (χ0v) is 11.7. The quantitative estimate of drug-likeness (QED) is 0.628. The molecule has 20 heavy (non-hydrogen) atoms. The molecule has 0 saturated heterocycles. The summed E-state index contributed by atoms with van der Waals surface area (Å²) in [6.07, 6.45) is 2.80. The maximum Gasteiger partial charge on any atom is 0.0711 e. The van der Waals surface area contributed by atoms with Gasteiger partial charge in [0.2, 0.25) is 0 Å². The van der Waals surface area contributed by atoms with Crippen molar-refractivity contribution in [3.8, 4) is 11.3 Å². The predicted octanol–water partition coefficient (Wildman–Crippen LogP) is 5.23. The molecule has 3 rings (SSSR count). The second kappa shape index (κ2) is 5.46. The maximum atomic E-state index is 4.56. The Balaban J connectivity index is 2.16. The maximum absolute atomic E-state index is 4.56. The van der Waals surface area contributed by atoms with Crippen molar-refractivity contribution in [2.75, 3.05) is 0 Å². The zero-order chi connectivity index (χ0) is 13.9. The minimum atomic E-state index is 0.465. The summed E-state index contributed by atoms with van der Waals surface area (Å²) in [5.74, 6) is 0.465. The highest BCUT2D eigenvalue weighted by molar-refractivity contribution is 5.95. The first-order chi connectivity index (χ1) is 9.79. The summed E-state index contributed by atoms with van der Waals surface area (Å²) >= 11 is 0. The van der Waals surface area contributed by atoms with Crippen LogP contribution in [0.15, 0.2) is 60.8 Å². The lowest BCUT2D eigenvalue weighted by atomic mass is 9.96. The monoisotopic (exact) mass is 260 g/mol. The third kappa shape index (κ3) is 2.32. The molecule has 0 amide bonds. The summed E-state index contributed by atoms with van der Waals surface area (Å²) in [5, 5.41) is 2.50. The Bertz CT molecular complexity index is 725. The molecule has 1 unspecified atom stereocenters. The van der Waals surface area contributed by atoms with Gasteiger partial charge in [-0.25, -0.2) is 0 Å². The first kappa shape index (κ1) is 12.9. The molecule has 1 radical (unpaired) electrons. The molecule has 1 heteroatoms. The lowest BCUT2D eigenvalue weighted by Gasteiger charge is -2.11. The summed E-state index contributed by atoms with van der Waals surface area (Å²) in [6.45, 7) is 6.20. The highest BCUT2D eigenvalue weighted by Gasteiger charge is 2.08. The fourth-order valence-corrected chi connectivity index (χ4v) is 2.52. The highest BCUT2D eigenvalue weighted by atomic mass is 14.7. The van der Waals surface area contributed by atoms with E-state index in [1.807, 2.05) is 6.20 Å². The molecule has 0 aliphatic rings. The van der Waals surface area contributed by atoms with Crippen LogP contribution in [-0.2, 0) is 0 Å². The van der Waals surface area contributed by atoms with Crippen molar-refractivity contribution < 1.29 is 0 Å². The summed E-state index contributed by atoms with van der Waals surface area (Å²) in [5.41, 5.74) is 3.54. The summed E-state index contributed by atoms with van der Waals surface area (Å²) < 4.78 is 0. The van der Waals surface area contributed by atoms with Crippen LogP contribution >= 0.6 is 0 Å². The van der Waals surface area contributed by atoms with Crippen molar-refractivity contribution >= 4 is 10.8 Å². The first-order valence-electron chi connectivity index (χ1n) is 7.03. The Hall–Kier alpha value is -2.15. The average molecular weight is 260 g/mol. The van der Waals surface area contributed by atoms with Crippen LogP contribution in [0.25, 0.3) is 22.0 Å². The van der Waals surface area contributed by atoms with Gasteiger partial charge in [-0.15, -0.1) is 0 Å².